The molecule has 42 heavy (non-hydrogen) atoms. The van der Waals surface area contributed by atoms with E-state index in [1.807, 2.05) is 0 Å². The fourth-order valence-electron chi connectivity index (χ4n) is 4.67. The summed E-state index contributed by atoms with van der Waals surface area (Å²) in [5, 5.41) is 6.72. The Balaban J connectivity index is 0.00000484. The SMILES string of the molecule is CNC(C)C(=O)NC1CN(C(=O)CS(C)(=O)=O)c2ccccc2N(Cc2c(OC(F)F)ccc3ccccc23)C1=O.Cl. The predicted molar refractivity (Wildman–Crippen MR) is 158 cm³/mol. The van der Waals surface area contributed by atoms with Gasteiger partial charge in [0.25, 0.3) is 5.91 Å². The van der Waals surface area contributed by atoms with Crippen LogP contribution >= 0.6 is 12.4 Å². The second kappa shape index (κ2) is 13.4. The van der Waals surface area contributed by atoms with Gasteiger partial charge in [0.2, 0.25) is 11.8 Å². The zero-order chi connectivity index (χ0) is 29.9. The zero-order valence-corrected chi connectivity index (χ0v) is 24.7. The molecule has 1 aliphatic rings. The average Bonchev–Trinajstić information content (AvgIpc) is 3.03. The number of nitrogens with one attached hydrogen (secondary N) is 2. The number of ether oxygens (including phenoxy) is 1. The number of benzene rings is 3. The molecule has 3 aromatic carbocycles. The first-order valence-electron chi connectivity index (χ1n) is 12.7. The van der Waals surface area contributed by atoms with Crippen molar-refractivity contribution in [2.75, 3.05) is 35.4 Å². The van der Waals surface area contributed by atoms with E-state index in [1.54, 1.807) is 68.6 Å². The molecule has 14 heteroatoms. The fourth-order valence-corrected chi connectivity index (χ4v) is 5.27. The summed E-state index contributed by atoms with van der Waals surface area (Å²) in [6.45, 7) is -2.14. The number of carbonyl (C=O) groups excluding carboxylic acids is 3. The van der Waals surface area contributed by atoms with Gasteiger partial charge in [0.1, 0.15) is 17.5 Å². The summed E-state index contributed by atoms with van der Waals surface area (Å²) in [5.74, 6) is -2.90. The average molecular weight is 625 g/mol. The molecule has 0 saturated carbocycles. The minimum atomic E-state index is -3.74. The van der Waals surface area contributed by atoms with Crippen molar-refractivity contribution in [3.05, 3.63) is 66.2 Å². The van der Waals surface area contributed by atoms with E-state index in [0.29, 0.717) is 5.39 Å². The molecule has 0 aliphatic carbocycles. The minimum absolute atomic E-state index is 0. The van der Waals surface area contributed by atoms with E-state index in [2.05, 4.69) is 10.6 Å². The van der Waals surface area contributed by atoms with Crippen LogP contribution in [0.1, 0.15) is 12.5 Å². The number of hydrogen-bond acceptors (Lipinski definition) is 7. The third kappa shape index (κ3) is 7.33. The largest absolute Gasteiger partial charge is 0.434 e. The molecule has 3 aromatic rings. The molecule has 0 radical (unpaired) electrons. The lowest BCUT2D eigenvalue weighted by Crippen LogP contribution is -2.56. The van der Waals surface area contributed by atoms with Crippen LogP contribution < -0.4 is 25.2 Å². The van der Waals surface area contributed by atoms with E-state index in [1.165, 1.54) is 11.0 Å². The van der Waals surface area contributed by atoms with Crippen molar-refractivity contribution in [3.63, 3.8) is 0 Å². The van der Waals surface area contributed by atoms with Crippen molar-refractivity contribution in [2.24, 2.45) is 0 Å². The number of carbonyl (C=O) groups is 3. The van der Waals surface area contributed by atoms with Crippen LogP contribution in [0.3, 0.4) is 0 Å². The highest BCUT2D eigenvalue weighted by Crippen LogP contribution is 2.37. The number of sulfone groups is 1. The van der Waals surface area contributed by atoms with Gasteiger partial charge in [0.05, 0.1) is 30.5 Å². The molecule has 226 valence electrons. The minimum Gasteiger partial charge on any atom is -0.434 e. The van der Waals surface area contributed by atoms with Crippen molar-refractivity contribution < 1.29 is 36.3 Å². The third-order valence-electron chi connectivity index (χ3n) is 6.75. The number of alkyl halides is 2. The summed E-state index contributed by atoms with van der Waals surface area (Å²) in [7, 11) is -2.17. The van der Waals surface area contributed by atoms with Crippen LogP contribution in [0.25, 0.3) is 10.8 Å². The van der Waals surface area contributed by atoms with Crippen molar-refractivity contribution in [1.82, 2.24) is 10.6 Å². The van der Waals surface area contributed by atoms with Crippen LogP contribution in [0.2, 0.25) is 0 Å². The van der Waals surface area contributed by atoms with Crippen LogP contribution in [0.4, 0.5) is 20.2 Å². The molecule has 0 saturated heterocycles. The molecule has 0 fully saturated rings. The van der Waals surface area contributed by atoms with E-state index >= 15 is 0 Å². The van der Waals surface area contributed by atoms with Crippen LogP contribution in [-0.2, 0) is 30.8 Å². The molecule has 1 heterocycles. The van der Waals surface area contributed by atoms with Gasteiger partial charge in [-0.25, -0.2) is 8.42 Å². The molecule has 2 unspecified atom stereocenters. The maximum absolute atomic E-state index is 14.1. The van der Waals surface area contributed by atoms with Gasteiger partial charge in [-0.15, -0.1) is 12.4 Å². The number of halogens is 3. The highest BCUT2D eigenvalue weighted by molar-refractivity contribution is 7.91. The molecule has 0 spiro atoms. The van der Waals surface area contributed by atoms with Crippen LogP contribution in [0.5, 0.6) is 5.75 Å². The van der Waals surface area contributed by atoms with Crippen LogP contribution in [0.15, 0.2) is 60.7 Å². The number of rotatable bonds is 9. The molecule has 2 N–H and O–H groups in total. The van der Waals surface area contributed by atoms with Crippen molar-refractivity contribution in [2.45, 2.75) is 32.2 Å². The lowest BCUT2D eigenvalue weighted by atomic mass is 10.0. The summed E-state index contributed by atoms with van der Waals surface area (Å²) in [6, 6.07) is 14.4. The third-order valence-corrected chi connectivity index (χ3v) is 7.52. The van der Waals surface area contributed by atoms with E-state index in [4.69, 9.17) is 4.74 Å². The molecule has 1 aliphatic heterocycles. The molecule has 0 bridgehead atoms. The molecule has 2 atom stereocenters. The quantitative estimate of drug-likeness (QED) is 0.375. The summed E-state index contributed by atoms with van der Waals surface area (Å²) in [4.78, 5) is 42.7. The van der Waals surface area contributed by atoms with E-state index in [9.17, 15) is 31.6 Å². The second-order valence-corrected chi connectivity index (χ2v) is 11.8. The lowest BCUT2D eigenvalue weighted by Gasteiger charge is -2.27. The van der Waals surface area contributed by atoms with E-state index in [0.717, 1.165) is 16.5 Å². The smallest absolute Gasteiger partial charge is 0.387 e. The van der Waals surface area contributed by atoms with Gasteiger partial charge in [-0.3, -0.25) is 14.4 Å². The first-order chi connectivity index (χ1) is 19.4. The highest BCUT2D eigenvalue weighted by atomic mass is 35.5. The molecule has 4 rings (SSSR count). The fraction of sp³-hybridized carbons (Fsp3) is 0.321. The summed E-state index contributed by atoms with van der Waals surface area (Å²) < 4.78 is 55.6. The first-order valence-corrected chi connectivity index (χ1v) is 14.8. The van der Waals surface area contributed by atoms with Gasteiger partial charge in [-0.05, 0) is 42.9 Å². The number of anilines is 2. The Morgan fingerprint density at radius 3 is 2.33 bits per heavy atom. The number of hydrogen-bond donors (Lipinski definition) is 2. The Labute approximate surface area is 248 Å². The maximum Gasteiger partial charge on any atom is 0.387 e. The van der Waals surface area contributed by atoms with Crippen LogP contribution in [-0.4, -0.2) is 70.4 Å². The highest BCUT2D eigenvalue weighted by Gasteiger charge is 2.38. The van der Waals surface area contributed by atoms with Crippen LogP contribution in [0, 0.1) is 0 Å². The molecule has 3 amide bonds. The van der Waals surface area contributed by atoms with Gasteiger partial charge < -0.3 is 25.2 Å². The molecule has 10 nitrogen and oxygen atoms in total. The Morgan fingerprint density at radius 2 is 1.69 bits per heavy atom. The summed E-state index contributed by atoms with van der Waals surface area (Å²) in [5.41, 5.74) is 0.745. The van der Waals surface area contributed by atoms with Gasteiger partial charge >= 0.3 is 6.61 Å². The Bertz CT molecular complexity index is 1590. The number of likely N-dealkylation sites (N-methyl/N-ethyl adjacent to an activating group) is 1. The molecular weight excluding hydrogens is 594 g/mol. The number of amides is 3. The second-order valence-electron chi connectivity index (χ2n) is 9.70. The lowest BCUT2D eigenvalue weighted by molar-refractivity contribution is -0.128. The van der Waals surface area contributed by atoms with E-state index < -0.39 is 52.0 Å². The Kier molecular flexibility index (Phi) is 10.5. The summed E-state index contributed by atoms with van der Waals surface area (Å²) >= 11 is 0. The maximum atomic E-state index is 14.1. The Hall–Kier alpha value is -3.81. The topological polar surface area (TPSA) is 125 Å². The zero-order valence-electron chi connectivity index (χ0n) is 23.0. The number of fused-ring (bicyclic) bond motifs is 2. The normalized spacial score (nSPS) is 16.0. The number of para-hydroxylation sites is 2. The van der Waals surface area contributed by atoms with Crippen molar-refractivity contribution >= 4 is 62.1 Å². The van der Waals surface area contributed by atoms with Crippen molar-refractivity contribution in [1.29, 1.82) is 0 Å². The van der Waals surface area contributed by atoms with Gasteiger partial charge in [-0.2, -0.15) is 8.78 Å². The predicted octanol–water partition coefficient (Wildman–Crippen LogP) is 2.88. The van der Waals surface area contributed by atoms with Crippen molar-refractivity contribution in [3.8, 4) is 5.75 Å². The van der Waals surface area contributed by atoms with Gasteiger partial charge in [0.15, 0.2) is 9.84 Å². The van der Waals surface area contributed by atoms with Gasteiger partial charge in [-0.1, -0.05) is 42.5 Å². The molecular formula is C28H31ClF2N4O6S. The number of nitrogens with zero attached hydrogens (tertiary/aromatic N) is 2. The van der Waals surface area contributed by atoms with E-state index in [-0.39, 0.29) is 48.2 Å². The summed E-state index contributed by atoms with van der Waals surface area (Å²) in [6.07, 6.45) is 0.922. The monoisotopic (exact) mass is 624 g/mol. The first kappa shape index (κ1) is 32.7. The Morgan fingerprint density at radius 1 is 1.05 bits per heavy atom. The standard InChI is InChI=1S/C28H30F2N4O6S.ClH/c1-17(31-2)26(36)32-21-15-33(25(35)16-41(3,38)39)22-10-6-7-11-23(22)34(27(21)37)14-20-19-9-5-4-8-18(19)12-13-24(20)40-28(29)30;/h4-13,17,21,28,31H,14-16H2,1-3H3,(H,32,36);1H. The van der Waals surface area contributed by atoms with Gasteiger partial charge in [0, 0.05) is 11.8 Å². The molecule has 0 aromatic heterocycles.